The third-order valence-electron chi connectivity index (χ3n) is 5.67. The maximum absolute atomic E-state index is 13.3. The predicted octanol–water partition coefficient (Wildman–Crippen LogP) is 6.38. The summed E-state index contributed by atoms with van der Waals surface area (Å²) in [6.07, 6.45) is 2.19. The zero-order chi connectivity index (χ0) is 25.5. The molecule has 4 aromatic rings. The second-order valence-electron chi connectivity index (χ2n) is 8.32. The van der Waals surface area contributed by atoms with E-state index in [0.717, 1.165) is 16.0 Å². The first kappa shape index (κ1) is 24.9. The predicted molar refractivity (Wildman–Crippen MR) is 146 cm³/mol. The van der Waals surface area contributed by atoms with Gasteiger partial charge in [0.25, 0.3) is 5.91 Å². The van der Waals surface area contributed by atoms with Crippen LogP contribution in [0, 0.1) is 6.92 Å². The third-order valence-corrected chi connectivity index (χ3v) is 6.42. The van der Waals surface area contributed by atoms with Gasteiger partial charge in [-0.25, -0.2) is 0 Å². The Morgan fingerprint density at radius 3 is 2.11 bits per heavy atom. The molecule has 2 amide bonds. The van der Waals surface area contributed by atoms with Gasteiger partial charge in [-0.15, -0.1) is 11.8 Å². The molecule has 0 heterocycles. The molecule has 0 aromatic heterocycles. The number of carbonyl (C=O) groups excluding carboxylic acids is 3. The van der Waals surface area contributed by atoms with Crippen LogP contribution in [-0.4, -0.2) is 23.9 Å². The summed E-state index contributed by atoms with van der Waals surface area (Å²) in [4.78, 5) is 40.3. The van der Waals surface area contributed by atoms with Gasteiger partial charge in [0.15, 0.2) is 5.78 Å². The molecule has 0 atom stereocenters. The van der Waals surface area contributed by atoms with Gasteiger partial charge in [0.05, 0.1) is 23.4 Å². The van der Waals surface area contributed by atoms with Crippen molar-refractivity contribution in [2.45, 2.75) is 18.2 Å². The van der Waals surface area contributed by atoms with Crippen LogP contribution in [0.4, 0.5) is 11.4 Å². The van der Waals surface area contributed by atoms with Crippen LogP contribution in [0.15, 0.2) is 102 Å². The zero-order valence-electron chi connectivity index (χ0n) is 20.1. The van der Waals surface area contributed by atoms with Gasteiger partial charge in [0.2, 0.25) is 5.91 Å². The molecule has 0 fully saturated rings. The van der Waals surface area contributed by atoms with Crippen LogP contribution in [0.3, 0.4) is 0 Å². The van der Waals surface area contributed by atoms with Crippen LogP contribution in [0.2, 0.25) is 0 Å². The molecule has 0 bridgehead atoms. The Hall–Kier alpha value is -4.16. The van der Waals surface area contributed by atoms with Crippen LogP contribution in [-0.2, 0) is 11.2 Å². The molecule has 0 spiro atoms. The van der Waals surface area contributed by atoms with E-state index < -0.39 is 5.91 Å². The van der Waals surface area contributed by atoms with Crippen molar-refractivity contribution in [3.63, 3.8) is 0 Å². The van der Waals surface area contributed by atoms with Crippen molar-refractivity contribution in [3.8, 4) is 0 Å². The van der Waals surface area contributed by atoms with Crippen molar-refractivity contribution in [1.82, 2.24) is 0 Å². The smallest absolute Gasteiger partial charge is 0.257 e. The van der Waals surface area contributed by atoms with Crippen LogP contribution in [0.1, 0.15) is 37.4 Å². The Morgan fingerprint density at radius 1 is 0.722 bits per heavy atom. The number of benzene rings is 4. The average Bonchev–Trinajstić information content (AvgIpc) is 2.90. The lowest BCUT2D eigenvalue weighted by Crippen LogP contribution is -2.20. The van der Waals surface area contributed by atoms with E-state index in [1.54, 1.807) is 72.4 Å². The summed E-state index contributed by atoms with van der Waals surface area (Å²) in [5.41, 5.74) is 3.86. The molecule has 4 rings (SSSR count). The van der Waals surface area contributed by atoms with Gasteiger partial charge in [0.1, 0.15) is 0 Å². The maximum Gasteiger partial charge on any atom is 0.257 e. The van der Waals surface area contributed by atoms with Crippen molar-refractivity contribution >= 4 is 40.7 Å². The van der Waals surface area contributed by atoms with Crippen molar-refractivity contribution in [1.29, 1.82) is 0 Å². The van der Waals surface area contributed by atoms with E-state index >= 15 is 0 Å². The minimum atomic E-state index is -0.416. The van der Waals surface area contributed by atoms with E-state index in [0.29, 0.717) is 28.1 Å². The zero-order valence-corrected chi connectivity index (χ0v) is 20.9. The minimum Gasteiger partial charge on any atom is -0.325 e. The molecule has 0 saturated heterocycles. The molecule has 180 valence electrons. The summed E-state index contributed by atoms with van der Waals surface area (Å²) in [7, 11) is 0. The number of aryl methyl sites for hydroxylation is 1. The van der Waals surface area contributed by atoms with E-state index in [2.05, 4.69) is 10.6 Å². The van der Waals surface area contributed by atoms with Crippen LogP contribution >= 0.6 is 11.8 Å². The number of anilines is 2. The maximum atomic E-state index is 13.3. The molecule has 0 aliphatic rings. The van der Waals surface area contributed by atoms with Gasteiger partial charge >= 0.3 is 0 Å². The molecule has 0 radical (unpaired) electrons. The van der Waals surface area contributed by atoms with E-state index in [9.17, 15) is 14.4 Å². The van der Waals surface area contributed by atoms with Gasteiger partial charge in [0, 0.05) is 16.0 Å². The summed E-state index contributed by atoms with van der Waals surface area (Å²) in [5, 5.41) is 5.72. The molecule has 4 aromatic carbocycles. The van der Waals surface area contributed by atoms with Crippen LogP contribution in [0.25, 0.3) is 0 Å². The summed E-state index contributed by atoms with van der Waals surface area (Å²) in [5.74, 6) is -0.813. The van der Waals surface area contributed by atoms with Crippen LogP contribution < -0.4 is 10.6 Å². The fourth-order valence-electron chi connectivity index (χ4n) is 3.80. The summed E-state index contributed by atoms with van der Waals surface area (Å²) >= 11 is 1.64. The van der Waals surface area contributed by atoms with Gasteiger partial charge in [-0.3, -0.25) is 14.4 Å². The summed E-state index contributed by atoms with van der Waals surface area (Å²) in [6, 6.07) is 28.9. The highest BCUT2D eigenvalue weighted by Crippen LogP contribution is 2.24. The monoisotopic (exact) mass is 494 g/mol. The summed E-state index contributed by atoms with van der Waals surface area (Å²) < 4.78 is 0. The molecule has 5 nitrogen and oxygen atoms in total. The molecule has 0 saturated carbocycles. The average molecular weight is 495 g/mol. The number of thioether (sulfide) groups is 1. The van der Waals surface area contributed by atoms with E-state index in [1.807, 2.05) is 49.6 Å². The Morgan fingerprint density at radius 2 is 1.39 bits per heavy atom. The quantitative estimate of drug-likeness (QED) is 0.220. The normalized spacial score (nSPS) is 10.5. The lowest BCUT2D eigenvalue weighted by molar-refractivity contribution is -0.115. The van der Waals surface area contributed by atoms with Gasteiger partial charge in [-0.1, -0.05) is 66.2 Å². The number of carbonyl (C=O) groups is 3. The van der Waals surface area contributed by atoms with Gasteiger partial charge in [-0.2, -0.15) is 0 Å². The van der Waals surface area contributed by atoms with Gasteiger partial charge < -0.3 is 10.6 Å². The molecule has 6 heteroatoms. The van der Waals surface area contributed by atoms with Crippen LogP contribution in [0.5, 0.6) is 0 Å². The first-order chi connectivity index (χ1) is 17.4. The lowest BCUT2D eigenvalue weighted by Gasteiger charge is -2.14. The number of para-hydroxylation sites is 1. The molecule has 2 N–H and O–H groups in total. The SMILES string of the molecule is CSc1ccc(CC(=O)Nc2ccccc2C(=O)Nc2ccc(C)cc2C(=O)c2ccccc2)cc1. The second kappa shape index (κ2) is 11.5. The van der Waals surface area contributed by atoms with Gasteiger partial charge in [-0.05, 0) is 55.1 Å². The lowest BCUT2D eigenvalue weighted by atomic mass is 9.99. The topological polar surface area (TPSA) is 75.3 Å². The fraction of sp³-hybridized carbons (Fsp3) is 0.100. The third kappa shape index (κ3) is 6.09. The largest absolute Gasteiger partial charge is 0.325 e. The molecule has 0 aliphatic carbocycles. The Kier molecular flexibility index (Phi) is 7.98. The number of rotatable bonds is 8. The van der Waals surface area contributed by atoms with E-state index in [1.165, 1.54) is 0 Å². The summed E-state index contributed by atoms with van der Waals surface area (Å²) in [6.45, 7) is 1.90. The fourth-order valence-corrected chi connectivity index (χ4v) is 4.21. The molecule has 36 heavy (non-hydrogen) atoms. The Labute approximate surface area is 214 Å². The first-order valence-corrected chi connectivity index (χ1v) is 12.7. The molecule has 0 aliphatic heterocycles. The van der Waals surface area contributed by atoms with Crippen molar-refractivity contribution in [3.05, 3.63) is 125 Å². The molecular weight excluding hydrogens is 468 g/mol. The van der Waals surface area contributed by atoms with Crippen molar-refractivity contribution in [2.24, 2.45) is 0 Å². The molecular formula is C30H26N2O3S. The Bertz CT molecular complexity index is 1400. The van der Waals surface area contributed by atoms with Crippen molar-refractivity contribution in [2.75, 3.05) is 16.9 Å². The highest BCUT2D eigenvalue weighted by Gasteiger charge is 2.18. The highest BCUT2D eigenvalue weighted by molar-refractivity contribution is 7.98. The second-order valence-corrected chi connectivity index (χ2v) is 9.20. The number of hydrogen-bond donors (Lipinski definition) is 2. The van der Waals surface area contributed by atoms with E-state index in [-0.39, 0.29) is 18.1 Å². The standard InChI is InChI=1S/C30H26N2O3S/c1-20-12-17-27(25(18-20)29(34)22-8-4-3-5-9-22)32-30(35)24-10-6-7-11-26(24)31-28(33)19-21-13-15-23(36-2)16-14-21/h3-18H,19H2,1-2H3,(H,31,33)(H,32,35). The number of ketones is 1. The number of hydrogen-bond acceptors (Lipinski definition) is 4. The number of amides is 2. The highest BCUT2D eigenvalue weighted by atomic mass is 32.2. The number of nitrogens with one attached hydrogen (secondary N) is 2. The molecule has 0 unspecified atom stereocenters. The van der Waals surface area contributed by atoms with Crippen molar-refractivity contribution < 1.29 is 14.4 Å². The van der Waals surface area contributed by atoms with E-state index in [4.69, 9.17) is 0 Å². The first-order valence-electron chi connectivity index (χ1n) is 11.5. The minimum absolute atomic E-state index is 0.177. The Balaban J connectivity index is 1.53.